The summed E-state index contributed by atoms with van der Waals surface area (Å²) < 4.78 is 2.06. The lowest BCUT2D eigenvalue weighted by molar-refractivity contribution is 0.160. The van der Waals surface area contributed by atoms with Gasteiger partial charge in [0.05, 0.1) is 18.3 Å². The zero-order valence-corrected chi connectivity index (χ0v) is 10.8. The van der Waals surface area contributed by atoms with Crippen molar-refractivity contribution in [1.82, 2.24) is 15.1 Å². The third-order valence-corrected chi connectivity index (χ3v) is 3.75. The molecule has 1 aromatic rings. The minimum atomic E-state index is -0.0828. The molecule has 2 atom stereocenters. The van der Waals surface area contributed by atoms with E-state index in [1.54, 1.807) is 0 Å². The van der Waals surface area contributed by atoms with Crippen LogP contribution in [0.5, 0.6) is 0 Å². The average molecular weight is 237 g/mol. The summed E-state index contributed by atoms with van der Waals surface area (Å²) in [5.74, 6) is 0. The molecule has 17 heavy (non-hydrogen) atoms. The van der Waals surface area contributed by atoms with Gasteiger partial charge in [-0.05, 0) is 45.2 Å². The van der Waals surface area contributed by atoms with Gasteiger partial charge in [0.1, 0.15) is 0 Å². The third kappa shape index (κ3) is 2.69. The molecule has 4 heteroatoms. The molecule has 1 aliphatic carbocycles. The molecular formula is C13H23N3O. The number of rotatable bonds is 5. The van der Waals surface area contributed by atoms with Crippen molar-refractivity contribution in [3.63, 3.8) is 0 Å². The maximum Gasteiger partial charge on any atom is 0.0614 e. The van der Waals surface area contributed by atoms with Gasteiger partial charge < -0.3 is 10.4 Å². The molecule has 1 aliphatic rings. The molecule has 1 aromatic heterocycles. The molecule has 0 radical (unpaired) electrons. The molecular weight excluding hydrogens is 214 g/mol. The molecule has 2 unspecified atom stereocenters. The normalized spacial score (nSPS) is 28.8. The highest BCUT2D eigenvalue weighted by molar-refractivity contribution is 5.01. The lowest BCUT2D eigenvalue weighted by Crippen LogP contribution is -2.46. The van der Waals surface area contributed by atoms with Gasteiger partial charge in [-0.15, -0.1) is 0 Å². The number of aliphatic hydroxyl groups excluding tert-OH is 1. The van der Waals surface area contributed by atoms with Gasteiger partial charge in [-0.3, -0.25) is 4.68 Å². The van der Waals surface area contributed by atoms with E-state index >= 15 is 0 Å². The summed E-state index contributed by atoms with van der Waals surface area (Å²) in [5.41, 5.74) is 0.980. The Hall–Kier alpha value is -0.870. The Bertz CT molecular complexity index is 363. The average Bonchev–Trinajstić information content (AvgIpc) is 2.93. The molecule has 96 valence electrons. The van der Waals surface area contributed by atoms with Gasteiger partial charge in [0.25, 0.3) is 0 Å². The van der Waals surface area contributed by atoms with Gasteiger partial charge >= 0.3 is 0 Å². The van der Waals surface area contributed by atoms with Crippen molar-refractivity contribution in [2.75, 3.05) is 13.2 Å². The molecule has 0 amide bonds. The van der Waals surface area contributed by atoms with Gasteiger partial charge in [0.2, 0.25) is 0 Å². The minimum Gasteiger partial charge on any atom is -0.394 e. The monoisotopic (exact) mass is 237 g/mol. The number of aromatic nitrogens is 2. The lowest BCUT2D eigenvalue weighted by Gasteiger charge is -2.28. The molecule has 1 fully saturated rings. The van der Waals surface area contributed by atoms with Crippen LogP contribution in [0.15, 0.2) is 12.3 Å². The Morgan fingerprint density at radius 2 is 2.47 bits per heavy atom. The Labute approximate surface area is 103 Å². The maximum absolute atomic E-state index is 9.62. The van der Waals surface area contributed by atoms with E-state index in [0.717, 1.165) is 37.9 Å². The van der Waals surface area contributed by atoms with Gasteiger partial charge in [-0.1, -0.05) is 6.92 Å². The van der Waals surface area contributed by atoms with Crippen LogP contribution in [0, 0.1) is 6.92 Å². The van der Waals surface area contributed by atoms with Crippen LogP contribution in [0.3, 0.4) is 0 Å². The predicted octanol–water partition coefficient (Wildman–Crippen LogP) is 1.65. The first kappa shape index (κ1) is 12.6. The van der Waals surface area contributed by atoms with Crippen LogP contribution in [0.25, 0.3) is 0 Å². The number of aryl methyl sites for hydroxylation is 1. The zero-order valence-electron chi connectivity index (χ0n) is 10.8. The first-order valence-corrected chi connectivity index (χ1v) is 6.57. The molecule has 0 spiro atoms. The largest absolute Gasteiger partial charge is 0.394 e. The molecule has 4 nitrogen and oxygen atoms in total. The van der Waals surface area contributed by atoms with Gasteiger partial charge in [-0.25, -0.2) is 0 Å². The van der Waals surface area contributed by atoms with Crippen LogP contribution in [0.4, 0.5) is 0 Å². The summed E-state index contributed by atoms with van der Waals surface area (Å²) in [6, 6.07) is 2.47. The first-order chi connectivity index (χ1) is 8.19. The van der Waals surface area contributed by atoms with Crippen molar-refractivity contribution in [2.45, 2.75) is 51.1 Å². The molecule has 0 aliphatic heterocycles. The van der Waals surface area contributed by atoms with Crippen molar-refractivity contribution < 1.29 is 5.11 Å². The Morgan fingerprint density at radius 1 is 1.65 bits per heavy atom. The quantitative estimate of drug-likeness (QED) is 0.818. The van der Waals surface area contributed by atoms with Gasteiger partial charge in [-0.2, -0.15) is 5.10 Å². The Balaban J connectivity index is 2.01. The van der Waals surface area contributed by atoms with E-state index in [2.05, 4.69) is 22.0 Å². The topological polar surface area (TPSA) is 50.1 Å². The second-order valence-corrected chi connectivity index (χ2v) is 5.20. The molecule has 0 saturated heterocycles. The van der Waals surface area contributed by atoms with Crippen LogP contribution in [-0.2, 0) is 0 Å². The van der Waals surface area contributed by atoms with E-state index in [-0.39, 0.29) is 12.1 Å². The molecule has 0 aromatic carbocycles. The van der Waals surface area contributed by atoms with Crippen molar-refractivity contribution in [2.24, 2.45) is 0 Å². The lowest BCUT2D eigenvalue weighted by atomic mass is 9.98. The number of hydrogen-bond acceptors (Lipinski definition) is 3. The number of aliphatic hydroxyl groups is 1. The Morgan fingerprint density at radius 3 is 3.06 bits per heavy atom. The van der Waals surface area contributed by atoms with Gasteiger partial charge in [0, 0.05) is 11.7 Å². The highest BCUT2D eigenvalue weighted by Gasteiger charge is 2.39. The highest BCUT2D eigenvalue weighted by atomic mass is 16.3. The molecule has 1 heterocycles. The number of hydrogen-bond donors (Lipinski definition) is 2. The summed E-state index contributed by atoms with van der Waals surface area (Å²) in [7, 11) is 0. The van der Waals surface area contributed by atoms with E-state index in [4.69, 9.17) is 0 Å². The molecule has 1 saturated carbocycles. The molecule has 0 bridgehead atoms. The fourth-order valence-corrected chi connectivity index (χ4v) is 2.71. The van der Waals surface area contributed by atoms with E-state index in [1.807, 2.05) is 19.2 Å². The predicted molar refractivity (Wildman–Crippen MR) is 68.0 cm³/mol. The molecule has 2 rings (SSSR count). The maximum atomic E-state index is 9.62. The third-order valence-electron chi connectivity index (χ3n) is 3.75. The first-order valence-electron chi connectivity index (χ1n) is 6.57. The highest BCUT2D eigenvalue weighted by Crippen LogP contribution is 2.37. The van der Waals surface area contributed by atoms with Crippen LogP contribution in [0.1, 0.15) is 44.3 Å². The standard InChI is InChI=1S/C13H23N3O/c1-3-7-14-13(10-17)6-4-12(9-13)16-8-5-11(2)15-16/h5,8,12,14,17H,3-4,6-7,9-10H2,1-2H3. The van der Waals surface area contributed by atoms with Crippen LogP contribution >= 0.6 is 0 Å². The summed E-state index contributed by atoms with van der Waals surface area (Å²) in [6.07, 6.45) is 6.26. The van der Waals surface area contributed by atoms with E-state index in [9.17, 15) is 5.11 Å². The Kier molecular flexibility index (Phi) is 3.84. The summed E-state index contributed by atoms with van der Waals surface area (Å²) in [5, 5.41) is 17.6. The van der Waals surface area contributed by atoms with Crippen LogP contribution in [0.2, 0.25) is 0 Å². The summed E-state index contributed by atoms with van der Waals surface area (Å²) in [6.45, 7) is 5.37. The van der Waals surface area contributed by atoms with Crippen molar-refractivity contribution >= 4 is 0 Å². The second kappa shape index (κ2) is 5.19. The number of nitrogens with one attached hydrogen (secondary N) is 1. The fourth-order valence-electron chi connectivity index (χ4n) is 2.71. The van der Waals surface area contributed by atoms with E-state index in [0.29, 0.717) is 6.04 Å². The van der Waals surface area contributed by atoms with Gasteiger partial charge in [0.15, 0.2) is 0 Å². The summed E-state index contributed by atoms with van der Waals surface area (Å²) in [4.78, 5) is 0. The van der Waals surface area contributed by atoms with Crippen LogP contribution in [-0.4, -0.2) is 33.6 Å². The molecule has 2 N–H and O–H groups in total. The van der Waals surface area contributed by atoms with Crippen molar-refractivity contribution in [3.05, 3.63) is 18.0 Å². The summed E-state index contributed by atoms with van der Waals surface area (Å²) >= 11 is 0. The van der Waals surface area contributed by atoms with Crippen molar-refractivity contribution in [3.8, 4) is 0 Å². The second-order valence-electron chi connectivity index (χ2n) is 5.20. The minimum absolute atomic E-state index is 0.0828. The zero-order chi connectivity index (χ0) is 12.3. The SMILES string of the molecule is CCCNC1(CO)CCC(n2ccc(C)n2)C1. The van der Waals surface area contributed by atoms with Crippen LogP contribution < -0.4 is 5.32 Å². The fraction of sp³-hybridized carbons (Fsp3) is 0.769. The van der Waals surface area contributed by atoms with Crippen molar-refractivity contribution in [1.29, 1.82) is 0 Å². The number of nitrogens with zero attached hydrogens (tertiary/aromatic N) is 2. The smallest absolute Gasteiger partial charge is 0.0614 e. The van der Waals surface area contributed by atoms with E-state index < -0.39 is 0 Å². The van der Waals surface area contributed by atoms with E-state index in [1.165, 1.54) is 0 Å².